The Kier molecular flexibility index (Phi) is 6.25. The van der Waals surface area contributed by atoms with E-state index in [1.165, 1.54) is 0 Å². The SMILES string of the molecule is CB(O)NCC(C)(CC(=O)OC(C)(C)C)c1cc(N)ccc1C. The lowest BCUT2D eigenvalue weighted by molar-refractivity contribution is -0.156. The van der Waals surface area contributed by atoms with Crippen LogP contribution < -0.4 is 11.0 Å². The first-order valence-corrected chi connectivity index (χ1v) is 7.93. The number of nitrogens with one attached hydrogen (secondary N) is 1. The van der Waals surface area contributed by atoms with Crippen molar-refractivity contribution in [2.75, 3.05) is 12.3 Å². The normalized spacial score (nSPS) is 14.2. The Labute approximate surface area is 139 Å². The highest BCUT2D eigenvalue weighted by molar-refractivity contribution is 6.45. The Morgan fingerprint density at radius 1 is 1.35 bits per heavy atom. The van der Waals surface area contributed by atoms with Crippen LogP contribution in [0.25, 0.3) is 0 Å². The molecule has 6 heteroatoms. The van der Waals surface area contributed by atoms with Gasteiger partial charge in [0.2, 0.25) is 0 Å². The van der Waals surface area contributed by atoms with E-state index in [0.29, 0.717) is 12.2 Å². The fraction of sp³-hybridized carbons (Fsp3) is 0.588. The van der Waals surface area contributed by atoms with Crippen molar-refractivity contribution in [3.05, 3.63) is 29.3 Å². The van der Waals surface area contributed by atoms with Crippen LogP contribution in [0, 0.1) is 6.92 Å². The second-order valence-corrected chi connectivity index (χ2v) is 7.46. The number of aryl methyl sites for hydroxylation is 1. The van der Waals surface area contributed by atoms with Gasteiger partial charge in [-0.05, 0) is 64.3 Å². The maximum absolute atomic E-state index is 12.3. The zero-order valence-electron chi connectivity index (χ0n) is 15.1. The predicted molar refractivity (Wildman–Crippen MR) is 95.2 cm³/mol. The van der Waals surface area contributed by atoms with Crippen molar-refractivity contribution in [1.29, 1.82) is 0 Å². The average molecular weight is 320 g/mol. The molecule has 1 aromatic carbocycles. The fourth-order valence-electron chi connectivity index (χ4n) is 2.61. The molecule has 4 N–H and O–H groups in total. The Morgan fingerprint density at radius 2 is 1.96 bits per heavy atom. The van der Waals surface area contributed by atoms with Gasteiger partial charge in [0, 0.05) is 11.1 Å². The summed E-state index contributed by atoms with van der Waals surface area (Å²) in [7, 11) is -0.658. The first kappa shape index (κ1) is 19.5. The molecule has 0 saturated carbocycles. The molecule has 0 amide bonds. The summed E-state index contributed by atoms with van der Waals surface area (Å²) < 4.78 is 5.47. The Balaban J connectivity index is 3.11. The number of ether oxygens (including phenoxy) is 1. The van der Waals surface area contributed by atoms with Gasteiger partial charge < -0.3 is 20.7 Å². The minimum Gasteiger partial charge on any atom is -0.460 e. The molecule has 0 saturated heterocycles. The van der Waals surface area contributed by atoms with Crippen LogP contribution in [-0.2, 0) is 14.9 Å². The van der Waals surface area contributed by atoms with Crippen LogP contribution in [0.5, 0.6) is 0 Å². The van der Waals surface area contributed by atoms with E-state index in [2.05, 4.69) is 5.23 Å². The van der Waals surface area contributed by atoms with Gasteiger partial charge in [-0.1, -0.05) is 13.0 Å². The number of anilines is 1. The summed E-state index contributed by atoms with van der Waals surface area (Å²) in [4.78, 5) is 12.3. The summed E-state index contributed by atoms with van der Waals surface area (Å²) in [5.74, 6) is -0.269. The van der Waals surface area contributed by atoms with Crippen molar-refractivity contribution < 1.29 is 14.6 Å². The van der Waals surface area contributed by atoms with Crippen LogP contribution in [0.2, 0.25) is 6.82 Å². The monoisotopic (exact) mass is 320 g/mol. The molecule has 0 aliphatic carbocycles. The summed E-state index contributed by atoms with van der Waals surface area (Å²) >= 11 is 0. The van der Waals surface area contributed by atoms with E-state index in [-0.39, 0.29) is 12.4 Å². The quantitative estimate of drug-likeness (QED) is 0.425. The van der Waals surface area contributed by atoms with Gasteiger partial charge >= 0.3 is 13.0 Å². The standard InChI is InChI=1S/C17H29BN2O3/c1-12-7-8-13(19)9-14(12)17(5,11-20-18(6)22)10-15(21)23-16(2,3)4/h7-9,20,22H,10-11,19H2,1-6H3. The molecule has 1 atom stereocenters. The van der Waals surface area contributed by atoms with Crippen molar-refractivity contribution in [3.8, 4) is 0 Å². The maximum Gasteiger partial charge on any atom is 0.373 e. The summed E-state index contributed by atoms with van der Waals surface area (Å²) in [6.07, 6.45) is 0.203. The summed E-state index contributed by atoms with van der Waals surface area (Å²) in [5.41, 5.74) is 7.56. The lowest BCUT2D eigenvalue weighted by atomic mass is 9.75. The first-order chi connectivity index (χ1) is 10.4. The second-order valence-electron chi connectivity index (χ2n) is 7.46. The third kappa shape index (κ3) is 6.24. The van der Waals surface area contributed by atoms with E-state index >= 15 is 0 Å². The minimum absolute atomic E-state index is 0.203. The zero-order valence-corrected chi connectivity index (χ0v) is 15.1. The van der Waals surface area contributed by atoms with Gasteiger partial charge in [0.25, 0.3) is 0 Å². The van der Waals surface area contributed by atoms with Gasteiger partial charge in [-0.15, -0.1) is 0 Å². The van der Waals surface area contributed by atoms with Gasteiger partial charge in [0.15, 0.2) is 0 Å². The molecule has 0 spiro atoms. The highest BCUT2D eigenvalue weighted by Gasteiger charge is 2.33. The Morgan fingerprint density at radius 3 is 2.48 bits per heavy atom. The molecule has 1 unspecified atom stereocenters. The number of nitrogen functional groups attached to an aromatic ring is 1. The van der Waals surface area contributed by atoms with Crippen LogP contribution in [0.4, 0.5) is 5.69 Å². The zero-order chi connectivity index (χ0) is 17.8. The van der Waals surface area contributed by atoms with Gasteiger partial charge in [-0.3, -0.25) is 4.79 Å². The van der Waals surface area contributed by atoms with Crippen LogP contribution in [0.3, 0.4) is 0 Å². The third-order valence-corrected chi connectivity index (χ3v) is 3.65. The maximum atomic E-state index is 12.3. The molecule has 0 aliphatic heterocycles. The van der Waals surface area contributed by atoms with Crippen LogP contribution in [-0.4, -0.2) is 30.2 Å². The van der Waals surface area contributed by atoms with Crippen LogP contribution in [0.15, 0.2) is 18.2 Å². The second kappa shape index (κ2) is 7.36. The molecule has 0 bridgehead atoms. The first-order valence-electron chi connectivity index (χ1n) is 7.93. The van der Waals surface area contributed by atoms with Crippen molar-refractivity contribution >= 4 is 18.7 Å². The Hall–Kier alpha value is -1.53. The number of esters is 1. The largest absolute Gasteiger partial charge is 0.460 e. The number of carbonyl (C=O) groups is 1. The number of carbonyl (C=O) groups excluding carboxylic acids is 1. The minimum atomic E-state index is -0.658. The van der Waals surface area contributed by atoms with Crippen molar-refractivity contribution in [2.45, 2.75) is 58.9 Å². The van der Waals surface area contributed by atoms with Gasteiger partial charge in [-0.25, -0.2) is 0 Å². The number of hydrogen-bond acceptors (Lipinski definition) is 5. The third-order valence-electron chi connectivity index (χ3n) is 3.65. The van der Waals surface area contributed by atoms with Crippen LogP contribution >= 0.6 is 0 Å². The molecule has 128 valence electrons. The van der Waals surface area contributed by atoms with Gasteiger partial charge in [-0.2, -0.15) is 0 Å². The number of rotatable bonds is 6. The topological polar surface area (TPSA) is 84.6 Å². The molecule has 1 aromatic rings. The number of hydrogen-bond donors (Lipinski definition) is 3. The highest BCUT2D eigenvalue weighted by atomic mass is 16.6. The molecular formula is C17H29BN2O3. The van der Waals surface area contributed by atoms with Crippen LogP contribution in [0.1, 0.15) is 45.2 Å². The average Bonchev–Trinajstić information content (AvgIpc) is 2.37. The van der Waals surface area contributed by atoms with Crippen molar-refractivity contribution in [1.82, 2.24) is 5.23 Å². The van der Waals surface area contributed by atoms with E-state index in [1.54, 1.807) is 6.82 Å². The number of benzene rings is 1. The molecule has 0 aromatic heterocycles. The molecule has 0 aliphatic rings. The summed E-state index contributed by atoms with van der Waals surface area (Å²) in [6, 6.07) is 5.68. The van der Waals surface area contributed by atoms with E-state index in [0.717, 1.165) is 11.1 Å². The fourth-order valence-corrected chi connectivity index (χ4v) is 2.61. The molecule has 0 heterocycles. The lowest BCUT2D eigenvalue weighted by Gasteiger charge is -2.33. The molecule has 0 fully saturated rings. The van der Waals surface area contributed by atoms with E-state index < -0.39 is 18.1 Å². The smallest absolute Gasteiger partial charge is 0.373 e. The molecule has 0 radical (unpaired) electrons. The van der Waals surface area contributed by atoms with E-state index in [1.807, 2.05) is 52.8 Å². The molecular weight excluding hydrogens is 291 g/mol. The number of nitrogens with two attached hydrogens (primary N) is 1. The highest BCUT2D eigenvalue weighted by Crippen LogP contribution is 2.32. The summed E-state index contributed by atoms with van der Waals surface area (Å²) in [6.45, 7) is 11.6. The predicted octanol–water partition coefficient (Wildman–Crippen LogP) is 2.27. The molecule has 23 heavy (non-hydrogen) atoms. The molecule has 1 rings (SSSR count). The van der Waals surface area contributed by atoms with Gasteiger partial charge in [0.05, 0.1) is 6.42 Å². The lowest BCUT2D eigenvalue weighted by Crippen LogP contribution is -2.44. The van der Waals surface area contributed by atoms with E-state index in [9.17, 15) is 9.82 Å². The van der Waals surface area contributed by atoms with Crippen molar-refractivity contribution in [2.24, 2.45) is 0 Å². The Bertz CT molecular complexity index is 555. The van der Waals surface area contributed by atoms with E-state index in [4.69, 9.17) is 10.5 Å². The van der Waals surface area contributed by atoms with Gasteiger partial charge in [0.1, 0.15) is 5.60 Å². The molecule has 5 nitrogen and oxygen atoms in total. The van der Waals surface area contributed by atoms with Crippen molar-refractivity contribution in [3.63, 3.8) is 0 Å². The summed E-state index contributed by atoms with van der Waals surface area (Å²) in [5, 5.41) is 12.6.